The fourth-order valence-corrected chi connectivity index (χ4v) is 4.67. The first-order chi connectivity index (χ1) is 13.8. The van der Waals surface area contributed by atoms with Gasteiger partial charge in [-0.2, -0.15) is 4.72 Å². The van der Waals surface area contributed by atoms with Crippen LogP contribution in [0.3, 0.4) is 0 Å². The van der Waals surface area contributed by atoms with Crippen LogP contribution in [0.25, 0.3) is 0 Å². The molecular formula is C21H23N2O5S-. The molecule has 1 aliphatic rings. The predicted molar refractivity (Wildman–Crippen MR) is 105 cm³/mol. The van der Waals surface area contributed by atoms with Gasteiger partial charge in [-0.3, -0.25) is 4.79 Å². The number of amides is 1. The van der Waals surface area contributed by atoms with Crippen molar-refractivity contribution in [2.45, 2.75) is 43.2 Å². The Balaban J connectivity index is 1.89. The number of carbonyl (C=O) groups excluding carboxylic acids is 2. The molecule has 2 aromatic rings. The van der Waals surface area contributed by atoms with Gasteiger partial charge in [0.2, 0.25) is 15.9 Å². The standard InChI is InChI=1S/C21H24N2O5S/c1-15-9-11-17(12-10-15)29(27,28)22-18(14-16-6-3-2-4-7-16)20(24)23-13-5-8-19(23)21(25)26/h2-4,6-7,9-12,18-19,22H,5,8,13-14H2,1H3,(H,25,26)/p-1/t18-,19-/m1/s1. The van der Waals surface area contributed by atoms with Crippen molar-refractivity contribution >= 4 is 21.9 Å². The zero-order chi connectivity index (χ0) is 21.0. The lowest BCUT2D eigenvalue weighted by Crippen LogP contribution is -2.54. The summed E-state index contributed by atoms with van der Waals surface area (Å²) >= 11 is 0. The maximum Gasteiger partial charge on any atom is 0.241 e. The predicted octanol–water partition coefficient (Wildman–Crippen LogP) is 0.626. The van der Waals surface area contributed by atoms with Gasteiger partial charge in [-0.25, -0.2) is 8.42 Å². The molecule has 0 aliphatic carbocycles. The van der Waals surface area contributed by atoms with Crippen LogP contribution in [-0.4, -0.2) is 43.8 Å². The van der Waals surface area contributed by atoms with Gasteiger partial charge in [-0.1, -0.05) is 48.0 Å². The molecule has 0 bridgehead atoms. The summed E-state index contributed by atoms with van der Waals surface area (Å²) in [7, 11) is -3.97. The molecule has 0 unspecified atom stereocenters. The molecule has 1 amide bonds. The first kappa shape index (κ1) is 21.0. The fourth-order valence-electron chi connectivity index (χ4n) is 3.48. The van der Waals surface area contributed by atoms with Gasteiger partial charge in [0, 0.05) is 6.54 Å². The van der Waals surface area contributed by atoms with E-state index in [2.05, 4.69) is 4.72 Å². The van der Waals surface area contributed by atoms with Crippen LogP contribution < -0.4 is 9.83 Å². The highest BCUT2D eigenvalue weighted by Crippen LogP contribution is 2.20. The SMILES string of the molecule is Cc1ccc(S(=O)(=O)N[C@H](Cc2ccccc2)C(=O)N2CCC[C@@H]2C(=O)[O-])cc1. The lowest BCUT2D eigenvalue weighted by atomic mass is 10.1. The molecule has 1 heterocycles. The number of carbonyl (C=O) groups is 2. The van der Waals surface area contributed by atoms with Crippen molar-refractivity contribution in [2.24, 2.45) is 0 Å². The molecule has 1 saturated heterocycles. The second-order valence-electron chi connectivity index (χ2n) is 7.19. The second-order valence-corrected chi connectivity index (χ2v) is 8.90. The van der Waals surface area contributed by atoms with E-state index in [1.54, 1.807) is 36.4 Å². The molecule has 0 spiro atoms. The van der Waals surface area contributed by atoms with Crippen LogP contribution >= 0.6 is 0 Å². The normalized spacial score (nSPS) is 17.8. The van der Waals surface area contributed by atoms with E-state index in [4.69, 9.17) is 0 Å². The molecule has 1 aliphatic heterocycles. The minimum atomic E-state index is -3.97. The molecule has 8 heteroatoms. The Labute approximate surface area is 170 Å². The fraction of sp³-hybridized carbons (Fsp3) is 0.333. The van der Waals surface area contributed by atoms with Gasteiger partial charge in [-0.05, 0) is 43.9 Å². The number of likely N-dealkylation sites (tertiary alicyclic amines) is 1. The summed E-state index contributed by atoms with van der Waals surface area (Å²) in [5, 5.41) is 11.4. The maximum absolute atomic E-state index is 13.1. The summed E-state index contributed by atoms with van der Waals surface area (Å²) in [6.45, 7) is 2.11. The van der Waals surface area contributed by atoms with Gasteiger partial charge in [0.05, 0.1) is 16.9 Å². The van der Waals surface area contributed by atoms with Crippen LogP contribution in [-0.2, 0) is 26.0 Å². The molecule has 2 atom stereocenters. The molecule has 0 radical (unpaired) electrons. The average molecular weight is 415 g/mol. The smallest absolute Gasteiger partial charge is 0.241 e. The van der Waals surface area contributed by atoms with Crippen LogP contribution in [0.2, 0.25) is 0 Å². The van der Waals surface area contributed by atoms with Crippen molar-refractivity contribution in [3.05, 3.63) is 65.7 Å². The number of benzene rings is 2. The summed E-state index contributed by atoms with van der Waals surface area (Å²) in [4.78, 5) is 25.8. The van der Waals surface area contributed by atoms with Gasteiger partial charge in [0.1, 0.15) is 6.04 Å². The zero-order valence-electron chi connectivity index (χ0n) is 16.1. The van der Waals surface area contributed by atoms with Crippen molar-refractivity contribution < 1.29 is 23.1 Å². The Morgan fingerprint density at radius 1 is 1.14 bits per heavy atom. The number of nitrogens with zero attached hydrogens (tertiary/aromatic N) is 1. The minimum Gasteiger partial charge on any atom is -0.548 e. The van der Waals surface area contributed by atoms with Crippen LogP contribution in [0.5, 0.6) is 0 Å². The van der Waals surface area contributed by atoms with Crippen LogP contribution in [0.1, 0.15) is 24.0 Å². The minimum absolute atomic E-state index is 0.0480. The lowest BCUT2D eigenvalue weighted by molar-refractivity contribution is -0.310. The molecule has 7 nitrogen and oxygen atoms in total. The Morgan fingerprint density at radius 2 is 1.79 bits per heavy atom. The van der Waals surface area contributed by atoms with E-state index in [1.807, 2.05) is 13.0 Å². The average Bonchev–Trinajstić information content (AvgIpc) is 3.18. The molecule has 154 valence electrons. The number of hydrogen-bond acceptors (Lipinski definition) is 5. The first-order valence-electron chi connectivity index (χ1n) is 9.42. The quantitative estimate of drug-likeness (QED) is 0.714. The van der Waals surface area contributed by atoms with Crippen molar-refractivity contribution in [3.8, 4) is 0 Å². The highest BCUT2D eigenvalue weighted by atomic mass is 32.2. The molecule has 0 saturated carbocycles. The van der Waals surface area contributed by atoms with Gasteiger partial charge in [-0.15, -0.1) is 0 Å². The third-order valence-corrected chi connectivity index (χ3v) is 6.50. The van der Waals surface area contributed by atoms with E-state index in [9.17, 15) is 23.1 Å². The van der Waals surface area contributed by atoms with E-state index in [1.165, 1.54) is 17.0 Å². The molecule has 0 aromatic heterocycles. The van der Waals surface area contributed by atoms with Crippen LogP contribution in [0.15, 0.2) is 59.5 Å². The molecule has 1 N–H and O–H groups in total. The van der Waals surface area contributed by atoms with Crippen LogP contribution in [0.4, 0.5) is 0 Å². The molecule has 3 rings (SSSR count). The summed E-state index contributed by atoms with van der Waals surface area (Å²) in [5.41, 5.74) is 1.68. The van der Waals surface area contributed by atoms with E-state index in [0.29, 0.717) is 12.8 Å². The number of carboxylic acid groups (broad SMARTS) is 1. The van der Waals surface area contributed by atoms with E-state index in [0.717, 1.165) is 11.1 Å². The van der Waals surface area contributed by atoms with Gasteiger partial charge < -0.3 is 14.8 Å². The number of rotatable bonds is 7. The Morgan fingerprint density at radius 3 is 2.41 bits per heavy atom. The number of carboxylic acids is 1. The van der Waals surface area contributed by atoms with Crippen molar-refractivity contribution in [2.75, 3.05) is 6.54 Å². The summed E-state index contributed by atoms with van der Waals surface area (Å²) in [6, 6.07) is 13.1. The maximum atomic E-state index is 13.1. The van der Waals surface area contributed by atoms with Crippen LogP contribution in [0, 0.1) is 6.92 Å². The number of nitrogens with one attached hydrogen (secondary N) is 1. The Hall–Kier alpha value is -2.71. The first-order valence-corrected chi connectivity index (χ1v) is 10.9. The molecule has 2 aromatic carbocycles. The molecular weight excluding hydrogens is 392 g/mol. The van der Waals surface area contributed by atoms with Crippen molar-refractivity contribution in [3.63, 3.8) is 0 Å². The van der Waals surface area contributed by atoms with Gasteiger partial charge >= 0.3 is 0 Å². The highest BCUT2D eigenvalue weighted by molar-refractivity contribution is 7.89. The third kappa shape index (κ3) is 5.02. The zero-order valence-corrected chi connectivity index (χ0v) is 16.9. The summed E-state index contributed by atoms with van der Waals surface area (Å²) in [6.07, 6.45) is 0.949. The summed E-state index contributed by atoms with van der Waals surface area (Å²) < 4.78 is 28.2. The number of hydrogen-bond donors (Lipinski definition) is 1. The van der Waals surface area contributed by atoms with Crippen molar-refractivity contribution in [1.29, 1.82) is 0 Å². The van der Waals surface area contributed by atoms with Gasteiger partial charge in [0.15, 0.2) is 0 Å². The van der Waals surface area contributed by atoms with E-state index < -0.39 is 34.0 Å². The second kappa shape index (κ2) is 8.75. The lowest BCUT2D eigenvalue weighted by Gasteiger charge is -2.29. The van der Waals surface area contributed by atoms with Gasteiger partial charge in [0.25, 0.3) is 0 Å². The van der Waals surface area contributed by atoms with Crippen molar-refractivity contribution in [1.82, 2.24) is 9.62 Å². The molecule has 29 heavy (non-hydrogen) atoms. The Bertz CT molecular complexity index is 974. The molecule has 1 fully saturated rings. The highest BCUT2D eigenvalue weighted by Gasteiger charge is 2.36. The number of aliphatic carboxylic acids is 1. The number of sulfonamides is 1. The number of aryl methyl sites for hydroxylation is 1. The summed E-state index contributed by atoms with van der Waals surface area (Å²) in [5.74, 6) is -1.88. The largest absolute Gasteiger partial charge is 0.548 e. The van der Waals surface area contributed by atoms with E-state index >= 15 is 0 Å². The topological polar surface area (TPSA) is 107 Å². The van der Waals surface area contributed by atoms with E-state index in [-0.39, 0.29) is 17.9 Å². The third-order valence-electron chi connectivity index (χ3n) is 5.02. The monoisotopic (exact) mass is 415 g/mol. The Kier molecular flexibility index (Phi) is 6.34.